The SMILES string of the molecule is CCCCCCC#Cc1ccc(Br)cc1C(F)(F)F. The second-order valence-corrected chi connectivity index (χ2v) is 5.22. The topological polar surface area (TPSA) is 0 Å². The van der Waals surface area contributed by atoms with Gasteiger partial charge in [0, 0.05) is 16.5 Å². The van der Waals surface area contributed by atoms with Crippen molar-refractivity contribution in [2.45, 2.75) is 45.2 Å². The molecule has 0 bridgehead atoms. The van der Waals surface area contributed by atoms with Gasteiger partial charge in [-0.15, -0.1) is 0 Å². The van der Waals surface area contributed by atoms with E-state index in [-0.39, 0.29) is 5.56 Å². The molecule has 0 spiro atoms. The second kappa shape index (κ2) is 7.59. The highest BCUT2D eigenvalue weighted by molar-refractivity contribution is 9.10. The van der Waals surface area contributed by atoms with Crippen LogP contribution in [0.5, 0.6) is 0 Å². The largest absolute Gasteiger partial charge is 0.417 e. The van der Waals surface area contributed by atoms with Gasteiger partial charge in [-0.3, -0.25) is 0 Å². The minimum atomic E-state index is -4.37. The first kappa shape index (κ1) is 16.1. The molecule has 19 heavy (non-hydrogen) atoms. The Morgan fingerprint density at radius 2 is 1.89 bits per heavy atom. The van der Waals surface area contributed by atoms with Gasteiger partial charge in [-0.25, -0.2) is 0 Å². The average Bonchev–Trinajstić information content (AvgIpc) is 2.34. The Morgan fingerprint density at radius 3 is 2.53 bits per heavy atom. The van der Waals surface area contributed by atoms with Crippen LogP contribution in [0.1, 0.15) is 50.2 Å². The van der Waals surface area contributed by atoms with Crippen molar-refractivity contribution in [3.8, 4) is 11.8 Å². The quantitative estimate of drug-likeness (QED) is 0.483. The molecule has 1 aromatic rings. The molecule has 1 aromatic carbocycles. The number of benzene rings is 1. The Kier molecular flexibility index (Phi) is 6.44. The molecule has 0 heterocycles. The van der Waals surface area contributed by atoms with Gasteiger partial charge in [0.05, 0.1) is 5.56 Å². The van der Waals surface area contributed by atoms with E-state index in [4.69, 9.17) is 0 Å². The first-order valence-electron chi connectivity index (χ1n) is 6.30. The Morgan fingerprint density at radius 1 is 1.16 bits per heavy atom. The van der Waals surface area contributed by atoms with Crippen LogP contribution in [0.2, 0.25) is 0 Å². The lowest BCUT2D eigenvalue weighted by molar-refractivity contribution is -0.137. The number of unbranched alkanes of at least 4 members (excludes halogenated alkanes) is 4. The molecule has 0 unspecified atom stereocenters. The lowest BCUT2D eigenvalue weighted by atomic mass is 10.1. The number of rotatable bonds is 4. The lowest BCUT2D eigenvalue weighted by Crippen LogP contribution is -2.07. The van der Waals surface area contributed by atoms with Gasteiger partial charge in [-0.05, 0) is 24.6 Å². The summed E-state index contributed by atoms with van der Waals surface area (Å²) >= 11 is 3.05. The van der Waals surface area contributed by atoms with Crippen LogP contribution >= 0.6 is 15.9 Å². The summed E-state index contributed by atoms with van der Waals surface area (Å²) in [6.07, 6.45) is 0.589. The molecule has 0 nitrogen and oxygen atoms in total. The van der Waals surface area contributed by atoms with E-state index in [9.17, 15) is 13.2 Å². The Labute approximate surface area is 120 Å². The molecule has 0 saturated heterocycles. The Hall–Kier alpha value is -0.950. The van der Waals surface area contributed by atoms with Gasteiger partial charge in [0.1, 0.15) is 0 Å². The van der Waals surface area contributed by atoms with E-state index < -0.39 is 11.7 Å². The summed E-state index contributed by atoms with van der Waals surface area (Å²) < 4.78 is 38.9. The van der Waals surface area contributed by atoms with Crippen molar-refractivity contribution in [3.05, 3.63) is 33.8 Å². The Balaban J connectivity index is 2.76. The van der Waals surface area contributed by atoms with Gasteiger partial charge in [0.25, 0.3) is 0 Å². The van der Waals surface area contributed by atoms with E-state index in [0.29, 0.717) is 10.9 Å². The third kappa shape index (κ3) is 5.69. The molecule has 104 valence electrons. The van der Waals surface area contributed by atoms with E-state index in [2.05, 4.69) is 34.7 Å². The summed E-state index contributed by atoms with van der Waals surface area (Å²) in [7, 11) is 0. The fourth-order valence-electron chi connectivity index (χ4n) is 1.66. The molecule has 0 aromatic heterocycles. The number of hydrogen-bond donors (Lipinski definition) is 0. The van der Waals surface area contributed by atoms with E-state index in [1.165, 1.54) is 6.07 Å². The summed E-state index contributed by atoms with van der Waals surface area (Å²) in [4.78, 5) is 0. The molecule has 0 saturated carbocycles. The van der Waals surface area contributed by atoms with Crippen molar-refractivity contribution < 1.29 is 13.2 Å². The van der Waals surface area contributed by atoms with Crippen molar-refractivity contribution in [3.63, 3.8) is 0 Å². The maximum absolute atomic E-state index is 12.8. The molecule has 0 amide bonds. The molecule has 0 aliphatic rings. The third-order valence-electron chi connectivity index (χ3n) is 2.67. The van der Waals surface area contributed by atoms with Gasteiger partial charge in [-0.2, -0.15) is 13.2 Å². The summed E-state index contributed by atoms with van der Waals surface area (Å²) in [6, 6.07) is 4.06. The average molecular weight is 333 g/mol. The normalized spacial score (nSPS) is 11.0. The lowest BCUT2D eigenvalue weighted by Gasteiger charge is -2.09. The van der Waals surface area contributed by atoms with Gasteiger partial charge >= 0.3 is 6.18 Å². The zero-order chi connectivity index (χ0) is 14.3. The maximum Gasteiger partial charge on any atom is 0.417 e. The van der Waals surface area contributed by atoms with Crippen molar-refractivity contribution in [1.29, 1.82) is 0 Å². The fourth-order valence-corrected chi connectivity index (χ4v) is 2.02. The van der Waals surface area contributed by atoms with Crippen LogP contribution < -0.4 is 0 Å². The number of alkyl halides is 3. The highest BCUT2D eigenvalue weighted by Crippen LogP contribution is 2.33. The highest BCUT2D eigenvalue weighted by atomic mass is 79.9. The van der Waals surface area contributed by atoms with E-state index in [0.717, 1.165) is 31.7 Å². The second-order valence-electron chi connectivity index (χ2n) is 4.30. The van der Waals surface area contributed by atoms with Crippen molar-refractivity contribution >= 4 is 15.9 Å². The molecule has 0 fully saturated rings. The van der Waals surface area contributed by atoms with Gasteiger partial charge in [-0.1, -0.05) is 54.0 Å². The first-order chi connectivity index (χ1) is 8.95. The molecule has 0 atom stereocenters. The van der Waals surface area contributed by atoms with Crippen molar-refractivity contribution in [2.24, 2.45) is 0 Å². The standard InChI is InChI=1S/C15H16BrF3/c1-2-3-4-5-6-7-8-12-9-10-13(16)11-14(12)15(17,18)19/h9-11H,2-6H2,1H3. The number of hydrogen-bond acceptors (Lipinski definition) is 0. The van der Waals surface area contributed by atoms with Crippen LogP contribution in [0.15, 0.2) is 22.7 Å². The van der Waals surface area contributed by atoms with E-state index in [1.54, 1.807) is 6.07 Å². The minimum Gasteiger partial charge on any atom is -0.166 e. The van der Waals surface area contributed by atoms with Crippen molar-refractivity contribution in [2.75, 3.05) is 0 Å². The smallest absolute Gasteiger partial charge is 0.166 e. The van der Waals surface area contributed by atoms with Crippen LogP contribution in [0.4, 0.5) is 13.2 Å². The molecule has 1 rings (SSSR count). The maximum atomic E-state index is 12.8. The molecule has 0 aliphatic carbocycles. The summed E-state index contributed by atoms with van der Waals surface area (Å²) in [5.74, 6) is 5.46. The molecule has 0 aliphatic heterocycles. The monoisotopic (exact) mass is 332 g/mol. The highest BCUT2D eigenvalue weighted by Gasteiger charge is 2.33. The predicted molar refractivity (Wildman–Crippen MR) is 74.8 cm³/mol. The van der Waals surface area contributed by atoms with Crippen LogP contribution in [-0.4, -0.2) is 0 Å². The minimum absolute atomic E-state index is 0.0474. The predicted octanol–water partition coefficient (Wildman–Crippen LogP) is 5.79. The molecule has 0 N–H and O–H groups in total. The zero-order valence-electron chi connectivity index (χ0n) is 10.8. The van der Waals surface area contributed by atoms with Gasteiger partial charge in [0.2, 0.25) is 0 Å². The van der Waals surface area contributed by atoms with Crippen LogP contribution in [-0.2, 0) is 6.18 Å². The summed E-state index contributed by atoms with van der Waals surface area (Å²) in [5.41, 5.74) is -0.630. The van der Waals surface area contributed by atoms with E-state index in [1.807, 2.05) is 0 Å². The zero-order valence-corrected chi connectivity index (χ0v) is 12.4. The first-order valence-corrected chi connectivity index (χ1v) is 7.10. The van der Waals surface area contributed by atoms with Crippen LogP contribution in [0, 0.1) is 11.8 Å². The summed E-state index contributed by atoms with van der Waals surface area (Å²) in [5, 5.41) is 0. The van der Waals surface area contributed by atoms with Crippen LogP contribution in [0.3, 0.4) is 0 Å². The summed E-state index contributed by atoms with van der Waals surface area (Å²) in [6.45, 7) is 2.11. The van der Waals surface area contributed by atoms with Gasteiger partial charge in [0.15, 0.2) is 0 Å². The van der Waals surface area contributed by atoms with Gasteiger partial charge < -0.3 is 0 Å². The third-order valence-corrected chi connectivity index (χ3v) is 3.16. The Bertz CT molecular complexity index is 467. The molecular weight excluding hydrogens is 317 g/mol. The van der Waals surface area contributed by atoms with Crippen LogP contribution in [0.25, 0.3) is 0 Å². The molecule has 4 heteroatoms. The number of halogens is 4. The fraction of sp³-hybridized carbons (Fsp3) is 0.467. The molecular formula is C15H16BrF3. The van der Waals surface area contributed by atoms with Crippen molar-refractivity contribution in [1.82, 2.24) is 0 Å². The molecule has 0 radical (unpaired) electrons. The van der Waals surface area contributed by atoms with E-state index >= 15 is 0 Å².